The molecule has 2 atom stereocenters. The van der Waals surface area contributed by atoms with Gasteiger partial charge >= 0.3 is 0 Å². The summed E-state index contributed by atoms with van der Waals surface area (Å²) in [7, 11) is 0. The van der Waals surface area contributed by atoms with Crippen molar-refractivity contribution in [2.45, 2.75) is 12.1 Å². The maximum Gasteiger partial charge on any atom is 0.183 e. The lowest BCUT2D eigenvalue weighted by molar-refractivity contribution is 0.170. The van der Waals surface area contributed by atoms with E-state index in [0.717, 1.165) is 0 Å². The Morgan fingerprint density at radius 1 is 1.60 bits per heavy atom. The van der Waals surface area contributed by atoms with Crippen molar-refractivity contribution in [2.24, 2.45) is 10.7 Å². The molecule has 2 N–H and O–H groups in total. The molecule has 2 heterocycles. The molecule has 0 saturated carbocycles. The minimum Gasteiger partial charge on any atom is -0.470 e. The van der Waals surface area contributed by atoms with Crippen LogP contribution in [0.1, 0.15) is 0 Å². The lowest BCUT2D eigenvalue weighted by Gasteiger charge is -2.12. The summed E-state index contributed by atoms with van der Waals surface area (Å²) in [4.78, 5) is 4.15. The predicted molar refractivity (Wildman–Crippen MR) is 38.6 cm³/mol. The first-order chi connectivity index (χ1) is 4.86. The lowest BCUT2D eigenvalue weighted by Crippen LogP contribution is -2.20. The zero-order valence-corrected chi connectivity index (χ0v) is 5.40. The van der Waals surface area contributed by atoms with E-state index in [4.69, 9.17) is 10.5 Å². The number of rotatable bonds is 0. The van der Waals surface area contributed by atoms with Crippen molar-refractivity contribution < 1.29 is 4.74 Å². The highest BCUT2D eigenvalue weighted by atomic mass is 16.5. The van der Waals surface area contributed by atoms with E-state index >= 15 is 0 Å². The number of aliphatic imine (C=N–C) groups is 1. The molecule has 0 amide bonds. The Morgan fingerprint density at radius 3 is 3.30 bits per heavy atom. The van der Waals surface area contributed by atoms with Gasteiger partial charge in [-0.2, -0.15) is 0 Å². The normalized spacial score (nSPS) is 35.0. The van der Waals surface area contributed by atoms with Gasteiger partial charge in [0.2, 0.25) is 0 Å². The minimum atomic E-state index is 0.0463. The maximum absolute atomic E-state index is 5.43. The topological polar surface area (TPSA) is 47.6 Å². The number of hydrogen-bond donors (Lipinski definition) is 1. The number of hydrogen-bond acceptors (Lipinski definition) is 3. The van der Waals surface area contributed by atoms with Gasteiger partial charge in [-0.1, -0.05) is 0 Å². The number of ether oxygens (including phenoxy) is 1. The zero-order valence-electron chi connectivity index (χ0n) is 5.40. The van der Waals surface area contributed by atoms with Gasteiger partial charge in [-0.3, -0.25) is 4.99 Å². The molecule has 0 aromatic rings. The first-order valence-electron chi connectivity index (χ1n) is 3.20. The summed E-state index contributed by atoms with van der Waals surface area (Å²) in [6, 6.07) is 0.116. The van der Waals surface area contributed by atoms with Crippen LogP contribution in [0.15, 0.2) is 29.1 Å². The average Bonchev–Trinajstić information content (AvgIpc) is 2.27. The Balaban J connectivity index is 2.24. The van der Waals surface area contributed by atoms with Gasteiger partial charge in [-0.25, -0.2) is 0 Å². The van der Waals surface area contributed by atoms with E-state index in [2.05, 4.69) is 4.99 Å². The van der Waals surface area contributed by atoms with E-state index in [1.165, 1.54) is 0 Å². The van der Waals surface area contributed by atoms with Crippen molar-refractivity contribution >= 4 is 6.21 Å². The Hall–Kier alpha value is -1.25. The lowest BCUT2D eigenvalue weighted by atomic mass is 10.1. The van der Waals surface area contributed by atoms with Crippen molar-refractivity contribution in [1.82, 2.24) is 0 Å². The molecule has 52 valence electrons. The summed E-state index contributed by atoms with van der Waals surface area (Å²) in [6.45, 7) is 0. The number of nitrogens with two attached hydrogens (primary N) is 1. The van der Waals surface area contributed by atoms with Crippen LogP contribution in [-0.4, -0.2) is 18.4 Å². The van der Waals surface area contributed by atoms with Crippen LogP contribution >= 0.6 is 0 Å². The van der Waals surface area contributed by atoms with Gasteiger partial charge in [0.05, 0.1) is 0 Å². The SMILES string of the molecule is NC1=CC2N=CC=CC2O1. The number of nitrogens with zero attached hydrogens (tertiary/aromatic N) is 1. The zero-order chi connectivity index (χ0) is 6.97. The van der Waals surface area contributed by atoms with Crippen LogP contribution in [0.4, 0.5) is 0 Å². The second kappa shape index (κ2) is 1.87. The van der Waals surface area contributed by atoms with Crippen molar-refractivity contribution in [1.29, 1.82) is 0 Å². The Morgan fingerprint density at radius 2 is 2.50 bits per heavy atom. The predicted octanol–water partition coefficient (Wildman–Crippen LogP) is 0.194. The summed E-state index contributed by atoms with van der Waals surface area (Å²) < 4.78 is 5.20. The van der Waals surface area contributed by atoms with E-state index in [1.54, 1.807) is 6.21 Å². The first-order valence-corrected chi connectivity index (χ1v) is 3.20. The van der Waals surface area contributed by atoms with E-state index in [-0.39, 0.29) is 12.1 Å². The monoisotopic (exact) mass is 136 g/mol. The van der Waals surface area contributed by atoms with E-state index in [9.17, 15) is 0 Å². The van der Waals surface area contributed by atoms with Crippen LogP contribution in [-0.2, 0) is 4.74 Å². The van der Waals surface area contributed by atoms with Crippen LogP contribution in [0.3, 0.4) is 0 Å². The summed E-state index contributed by atoms with van der Waals surface area (Å²) in [6.07, 6.45) is 7.45. The van der Waals surface area contributed by atoms with E-state index in [0.29, 0.717) is 5.88 Å². The van der Waals surface area contributed by atoms with Crippen molar-refractivity contribution in [3.05, 3.63) is 24.1 Å². The smallest absolute Gasteiger partial charge is 0.183 e. The fraction of sp³-hybridized carbons (Fsp3) is 0.286. The largest absolute Gasteiger partial charge is 0.470 e. The molecule has 0 radical (unpaired) electrons. The summed E-state index contributed by atoms with van der Waals surface area (Å²) in [5.41, 5.74) is 5.43. The number of dihydropyridines is 1. The molecule has 0 aromatic carbocycles. The van der Waals surface area contributed by atoms with Crippen LogP contribution in [0.2, 0.25) is 0 Å². The summed E-state index contributed by atoms with van der Waals surface area (Å²) in [5.74, 6) is 0.485. The van der Waals surface area contributed by atoms with Crippen molar-refractivity contribution in [3.63, 3.8) is 0 Å². The second-order valence-corrected chi connectivity index (χ2v) is 2.33. The molecule has 3 heteroatoms. The molecule has 3 nitrogen and oxygen atoms in total. The highest BCUT2D eigenvalue weighted by Gasteiger charge is 2.25. The van der Waals surface area contributed by atoms with Gasteiger partial charge in [-0.15, -0.1) is 0 Å². The molecular formula is C7H8N2O. The standard InChI is InChI=1S/C7H8N2O/c8-7-4-5-6(10-7)2-1-3-9-5/h1-6H,8H2. The molecule has 0 saturated heterocycles. The molecule has 2 aliphatic rings. The van der Waals surface area contributed by atoms with Gasteiger partial charge in [0, 0.05) is 12.3 Å². The highest BCUT2D eigenvalue weighted by Crippen LogP contribution is 2.19. The second-order valence-electron chi connectivity index (χ2n) is 2.33. The number of fused-ring (bicyclic) bond motifs is 1. The van der Waals surface area contributed by atoms with Crippen LogP contribution < -0.4 is 5.73 Å². The third-order valence-electron chi connectivity index (χ3n) is 1.59. The van der Waals surface area contributed by atoms with Crippen LogP contribution in [0, 0.1) is 0 Å². The van der Waals surface area contributed by atoms with E-state index < -0.39 is 0 Å². The van der Waals surface area contributed by atoms with Crippen molar-refractivity contribution in [3.8, 4) is 0 Å². The fourth-order valence-corrected chi connectivity index (χ4v) is 1.12. The average molecular weight is 136 g/mol. The molecule has 2 aliphatic heterocycles. The fourth-order valence-electron chi connectivity index (χ4n) is 1.12. The van der Waals surface area contributed by atoms with Crippen LogP contribution in [0.5, 0.6) is 0 Å². The Kier molecular flexibility index (Phi) is 1.03. The third kappa shape index (κ3) is 0.708. The molecule has 2 rings (SSSR count). The Labute approximate surface area is 58.9 Å². The summed E-state index contributed by atoms with van der Waals surface area (Å²) >= 11 is 0. The molecule has 0 aliphatic carbocycles. The molecule has 0 fully saturated rings. The van der Waals surface area contributed by atoms with Gasteiger partial charge < -0.3 is 10.5 Å². The number of allylic oxidation sites excluding steroid dienone is 1. The third-order valence-corrected chi connectivity index (χ3v) is 1.59. The first kappa shape index (κ1) is 5.53. The minimum absolute atomic E-state index is 0.0463. The molecule has 10 heavy (non-hydrogen) atoms. The van der Waals surface area contributed by atoms with Gasteiger partial charge in [0.25, 0.3) is 0 Å². The Bertz CT molecular complexity index is 230. The van der Waals surface area contributed by atoms with Gasteiger partial charge in [0.1, 0.15) is 12.1 Å². The molecular weight excluding hydrogens is 128 g/mol. The molecule has 0 spiro atoms. The molecule has 0 aromatic heterocycles. The summed E-state index contributed by atoms with van der Waals surface area (Å²) in [5, 5.41) is 0. The molecule has 0 bridgehead atoms. The van der Waals surface area contributed by atoms with Crippen LogP contribution in [0.25, 0.3) is 0 Å². The highest BCUT2D eigenvalue weighted by molar-refractivity contribution is 5.73. The molecule has 2 unspecified atom stereocenters. The van der Waals surface area contributed by atoms with Gasteiger partial charge in [0.15, 0.2) is 5.88 Å². The quantitative estimate of drug-likeness (QED) is 0.517. The van der Waals surface area contributed by atoms with E-state index in [1.807, 2.05) is 18.2 Å². The van der Waals surface area contributed by atoms with Gasteiger partial charge in [-0.05, 0) is 12.2 Å². The van der Waals surface area contributed by atoms with Crippen molar-refractivity contribution in [2.75, 3.05) is 0 Å². The maximum atomic E-state index is 5.43.